The fourth-order valence-corrected chi connectivity index (χ4v) is 2.18. The molecular formula is C15H17FN2O5. The Morgan fingerprint density at radius 2 is 2.17 bits per heavy atom. The fraction of sp³-hybridized carbons (Fsp3) is 0.400. The minimum Gasteiger partial charge on any atom is -0.494 e. The van der Waals surface area contributed by atoms with E-state index in [0.29, 0.717) is 12.1 Å². The van der Waals surface area contributed by atoms with E-state index in [-0.39, 0.29) is 18.7 Å². The molecule has 1 aromatic rings. The van der Waals surface area contributed by atoms with E-state index < -0.39 is 29.8 Å². The molecule has 1 aromatic carbocycles. The second-order valence-corrected chi connectivity index (χ2v) is 5.00. The van der Waals surface area contributed by atoms with Crippen LogP contribution in [-0.4, -0.2) is 49.1 Å². The number of urea groups is 1. The highest BCUT2D eigenvalue weighted by Gasteiger charge is 2.31. The van der Waals surface area contributed by atoms with Crippen LogP contribution in [0, 0.1) is 5.82 Å². The van der Waals surface area contributed by atoms with Gasteiger partial charge < -0.3 is 14.8 Å². The highest BCUT2D eigenvalue weighted by Crippen LogP contribution is 2.18. The van der Waals surface area contributed by atoms with E-state index in [1.165, 1.54) is 32.2 Å². The van der Waals surface area contributed by atoms with Crippen molar-refractivity contribution in [3.63, 3.8) is 0 Å². The Morgan fingerprint density at radius 3 is 2.74 bits per heavy atom. The molecule has 7 nitrogen and oxygen atoms in total. The molecule has 0 saturated carbocycles. The van der Waals surface area contributed by atoms with Crippen molar-refractivity contribution < 1.29 is 28.2 Å². The van der Waals surface area contributed by atoms with Gasteiger partial charge in [-0.2, -0.15) is 0 Å². The SMILES string of the molecule is COc1ccc(CC(=O)O[C@H](C)C(=O)N2CCNC2=O)cc1F. The van der Waals surface area contributed by atoms with E-state index >= 15 is 0 Å². The number of rotatable bonds is 5. The molecule has 0 spiro atoms. The lowest BCUT2D eigenvalue weighted by Crippen LogP contribution is -2.42. The second-order valence-electron chi connectivity index (χ2n) is 5.00. The minimum absolute atomic E-state index is 0.0747. The average molecular weight is 324 g/mol. The van der Waals surface area contributed by atoms with E-state index in [0.717, 1.165) is 4.90 Å². The van der Waals surface area contributed by atoms with Crippen molar-refractivity contribution in [3.8, 4) is 5.75 Å². The Labute approximate surface area is 132 Å². The highest BCUT2D eigenvalue weighted by atomic mass is 19.1. The van der Waals surface area contributed by atoms with Gasteiger partial charge >= 0.3 is 12.0 Å². The van der Waals surface area contributed by atoms with Crippen LogP contribution in [-0.2, 0) is 20.7 Å². The third kappa shape index (κ3) is 3.97. The highest BCUT2D eigenvalue weighted by molar-refractivity contribution is 5.98. The molecule has 2 rings (SSSR count). The Bertz CT molecular complexity index is 634. The van der Waals surface area contributed by atoms with Gasteiger partial charge in [0.15, 0.2) is 17.7 Å². The lowest BCUT2D eigenvalue weighted by Gasteiger charge is -2.18. The van der Waals surface area contributed by atoms with Crippen LogP contribution in [0.3, 0.4) is 0 Å². The lowest BCUT2D eigenvalue weighted by atomic mass is 10.1. The number of carbonyl (C=O) groups excluding carboxylic acids is 3. The van der Waals surface area contributed by atoms with Crippen LogP contribution in [0.25, 0.3) is 0 Å². The van der Waals surface area contributed by atoms with E-state index in [4.69, 9.17) is 9.47 Å². The van der Waals surface area contributed by atoms with E-state index in [9.17, 15) is 18.8 Å². The molecule has 0 bridgehead atoms. The lowest BCUT2D eigenvalue weighted by molar-refractivity contribution is -0.156. The van der Waals surface area contributed by atoms with Gasteiger partial charge in [0.25, 0.3) is 5.91 Å². The van der Waals surface area contributed by atoms with Crippen LogP contribution >= 0.6 is 0 Å². The number of esters is 1. The minimum atomic E-state index is -1.09. The molecule has 0 radical (unpaired) electrons. The monoisotopic (exact) mass is 324 g/mol. The van der Waals surface area contributed by atoms with Crippen LogP contribution < -0.4 is 10.1 Å². The summed E-state index contributed by atoms with van der Waals surface area (Å²) >= 11 is 0. The number of ether oxygens (including phenoxy) is 2. The normalized spacial score (nSPS) is 15.1. The van der Waals surface area contributed by atoms with Crippen molar-refractivity contribution in [3.05, 3.63) is 29.6 Å². The summed E-state index contributed by atoms with van der Waals surface area (Å²) in [6.45, 7) is 2.00. The molecule has 0 aromatic heterocycles. The summed E-state index contributed by atoms with van der Waals surface area (Å²) in [5.74, 6) is -1.79. The average Bonchev–Trinajstić information content (AvgIpc) is 2.92. The maximum atomic E-state index is 13.6. The van der Waals surface area contributed by atoms with Gasteiger partial charge in [-0.15, -0.1) is 0 Å². The van der Waals surface area contributed by atoms with Crippen LogP contribution in [0.4, 0.5) is 9.18 Å². The first-order valence-corrected chi connectivity index (χ1v) is 7.03. The number of imide groups is 1. The predicted octanol–water partition coefficient (Wildman–Crippen LogP) is 0.860. The summed E-state index contributed by atoms with van der Waals surface area (Å²) in [6, 6.07) is 3.60. The van der Waals surface area contributed by atoms with Crippen LogP contribution in [0.15, 0.2) is 18.2 Å². The molecule has 124 valence electrons. The first-order chi connectivity index (χ1) is 10.9. The van der Waals surface area contributed by atoms with E-state index in [1.54, 1.807) is 0 Å². The zero-order valence-electron chi connectivity index (χ0n) is 12.8. The second kappa shape index (κ2) is 7.08. The summed E-state index contributed by atoms with van der Waals surface area (Å²) in [7, 11) is 1.34. The van der Waals surface area contributed by atoms with Crippen molar-refractivity contribution in [2.45, 2.75) is 19.4 Å². The maximum Gasteiger partial charge on any atom is 0.324 e. The number of hydrogen-bond donors (Lipinski definition) is 1. The van der Waals surface area contributed by atoms with Gasteiger partial charge in [-0.3, -0.25) is 14.5 Å². The molecule has 8 heteroatoms. The first-order valence-electron chi connectivity index (χ1n) is 7.03. The summed E-state index contributed by atoms with van der Waals surface area (Å²) < 4.78 is 23.4. The standard InChI is InChI=1S/C15H17FN2O5/c1-9(14(20)18-6-5-17-15(18)21)23-13(19)8-10-3-4-12(22-2)11(16)7-10/h3-4,7,9H,5-6,8H2,1-2H3,(H,17,21)/t9-/m1/s1. The third-order valence-electron chi connectivity index (χ3n) is 3.34. The van der Waals surface area contributed by atoms with Crippen LogP contribution in [0.1, 0.15) is 12.5 Å². The molecule has 0 unspecified atom stereocenters. The molecule has 23 heavy (non-hydrogen) atoms. The summed E-state index contributed by atoms with van der Waals surface area (Å²) in [6.07, 6.45) is -1.28. The molecule has 1 atom stereocenters. The van der Waals surface area contributed by atoms with Crippen molar-refractivity contribution in [2.75, 3.05) is 20.2 Å². The third-order valence-corrected chi connectivity index (χ3v) is 3.34. The Balaban J connectivity index is 1.92. The molecule has 1 aliphatic rings. The number of methoxy groups -OCH3 is 1. The molecule has 3 amide bonds. The Morgan fingerprint density at radius 1 is 1.43 bits per heavy atom. The van der Waals surface area contributed by atoms with E-state index in [1.807, 2.05) is 0 Å². The van der Waals surface area contributed by atoms with Crippen molar-refractivity contribution in [1.29, 1.82) is 0 Å². The molecule has 0 aliphatic carbocycles. The predicted molar refractivity (Wildman–Crippen MR) is 77.3 cm³/mol. The molecule has 1 aliphatic heterocycles. The summed E-state index contributed by atoms with van der Waals surface area (Å²) in [4.78, 5) is 36.2. The van der Waals surface area contributed by atoms with Gasteiger partial charge in [0.1, 0.15) is 0 Å². The van der Waals surface area contributed by atoms with Crippen molar-refractivity contribution in [1.82, 2.24) is 10.2 Å². The van der Waals surface area contributed by atoms with Gasteiger partial charge in [0, 0.05) is 13.1 Å². The van der Waals surface area contributed by atoms with Gasteiger partial charge in [-0.1, -0.05) is 6.07 Å². The number of nitrogens with zero attached hydrogens (tertiary/aromatic N) is 1. The fourth-order valence-electron chi connectivity index (χ4n) is 2.18. The zero-order chi connectivity index (χ0) is 17.0. The molecule has 1 fully saturated rings. The number of carbonyl (C=O) groups is 3. The topological polar surface area (TPSA) is 84.9 Å². The summed E-state index contributed by atoms with van der Waals surface area (Å²) in [5.41, 5.74) is 0.395. The molecule has 1 saturated heterocycles. The maximum absolute atomic E-state index is 13.6. The largest absolute Gasteiger partial charge is 0.494 e. The first kappa shape index (κ1) is 16.7. The van der Waals surface area contributed by atoms with Crippen LogP contribution in [0.5, 0.6) is 5.75 Å². The number of hydrogen-bond acceptors (Lipinski definition) is 5. The molecular weight excluding hydrogens is 307 g/mol. The Hall–Kier alpha value is -2.64. The van der Waals surface area contributed by atoms with Gasteiger partial charge in [0.2, 0.25) is 0 Å². The van der Waals surface area contributed by atoms with Crippen molar-refractivity contribution >= 4 is 17.9 Å². The Kier molecular flexibility index (Phi) is 5.15. The quantitative estimate of drug-likeness (QED) is 0.812. The van der Waals surface area contributed by atoms with E-state index in [2.05, 4.69) is 5.32 Å². The van der Waals surface area contributed by atoms with Gasteiger partial charge in [-0.05, 0) is 24.6 Å². The van der Waals surface area contributed by atoms with Gasteiger partial charge in [-0.25, -0.2) is 9.18 Å². The molecule has 1 heterocycles. The summed E-state index contributed by atoms with van der Waals surface area (Å²) in [5, 5.41) is 2.49. The number of halogens is 1. The van der Waals surface area contributed by atoms with Crippen LogP contribution in [0.2, 0.25) is 0 Å². The van der Waals surface area contributed by atoms with Gasteiger partial charge in [0.05, 0.1) is 13.5 Å². The number of amides is 3. The number of nitrogens with one attached hydrogen (secondary N) is 1. The zero-order valence-corrected chi connectivity index (χ0v) is 12.8. The number of benzene rings is 1. The molecule has 1 N–H and O–H groups in total. The smallest absolute Gasteiger partial charge is 0.324 e. The van der Waals surface area contributed by atoms with Crippen molar-refractivity contribution in [2.24, 2.45) is 0 Å².